The number of carbonyl (C=O) groups is 1. The van der Waals surface area contributed by atoms with Gasteiger partial charge in [-0.3, -0.25) is 4.79 Å². The average Bonchev–Trinajstić information content (AvgIpc) is 2.60. The van der Waals surface area contributed by atoms with Gasteiger partial charge in [0, 0.05) is 32.3 Å². The maximum atomic E-state index is 11.8. The Hall–Kier alpha value is -1.97. The van der Waals surface area contributed by atoms with Gasteiger partial charge in [0.15, 0.2) is 5.96 Å². The molecule has 0 spiro atoms. The van der Waals surface area contributed by atoms with Crippen LogP contribution in [0.2, 0.25) is 0 Å². The Morgan fingerprint density at radius 2 is 1.85 bits per heavy atom. The molecular weight excluding hydrogens is 447 g/mol. The standard InChI is InChI=1S/C18H28N4O3.HI/c1-13(2)10-19-18(21-12-17(23)22(3)4)20-11-14-7-8-15(24-5)9-16(14)25-6;/h7-9H,1,10-12H2,2-6H3,(H2,19,20,21);1H. The molecule has 8 heteroatoms. The summed E-state index contributed by atoms with van der Waals surface area (Å²) in [7, 11) is 6.64. The first-order chi connectivity index (χ1) is 11.9. The number of hydrogen-bond acceptors (Lipinski definition) is 4. The fourth-order valence-corrected chi connectivity index (χ4v) is 1.87. The van der Waals surface area contributed by atoms with E-state index in [0.29, 0.717) is 24.8 Å². The van der Waals surface area contributed by atoms with Crippen LogP contribution in [-0.2, 0) is 11.3 Å². The summed E-state index contributed by atoms with van der Waals surface area (Å²) in [4.78, 5) is 17.8. The Morgan fingerprint density at radius 3 is 2.38 bits per heavy atom. The van der Waals surface area contributed by atoms with E-state index in [-0.39, 0.29) is 36.4 Å². The van der Waals surface area contributed by atoms with Crippen LogP contribution in [0.5, 0.6) is 11.5 Å². The van der Waals surface area contributed by atoms with Gasteiger partial charge < -0.3 is 25.0 Å². The Morgan fingerprint density at radius 1 is 1.19 bits per heavy atom. The summed E-state index contributed by atoms with van der Waals surface area (Å²) in [6, 6.07) is 5.58. The van der Waals surface area contributed by atoms with Crippen LogP contribution in [0.15, 0.2) is 35.3 Å². The van der Waals surface area contributed by atoms with E-state index >= 15 is 0 Å². The molecule has 1 rings (SSSR count). The van der Waals surface area contributed by atoms with Crippen LogP contribution in [0.4, 0.5) is 0 Å². The van der Waals surface area contributed by atoms with Crippen LogP contribution in [0.25, 0.3) is 0 Å². The molecule has 1 aromatic rings. The maximum absolute atomic E-state index is 11.8. The Balaban J connectivity index is 0.00000625. The van der Waals surface area contributed by atoms with Crippen LogP contribution in [0.3, 0.4) is 0 Å². The largest absolute Gasteiger partial charge is 0.497 e. The van der Waals surface area contributed by atoms with Crippen LogP contribution >= 0.6 is 24.0 Å². The zero-order valence-electron chi connectivity index (χ0n) is 16.1. The fraction of sp³-hybridized carbons (Fsp3) is 0.444. The minimum Gasteiger partial charge on any atom is -0.497 e. The van der Waals surface area contributed by atoms with Gasteiger partial charge >= 0.3 is 0 Å². The predicted molar refractivity (Wildman–Crippen MR) is 116 cm³/mol. The number of methoxy groups -OCH3 is 2. The van der Waals surface area contributed by atoms with Crippen molar-refractivity contribution in [1.29, 1.82) is 0 Å². The van der Waals surface area contributed by atoms with Crippen LogP contribution in [0, 0.1) is 0 Å². The summed E-state index contributed by atoms with van der Waals surface area (Å²) in [5.41, 5.74) is 1.88. The molecule has 0 aliphatic heterocycles. The van der Waals surface area contributed by atoms with E-state index in [1.165, 1.54) is 4.90 Å². The lowest BCUT2D eigenvalue weighted by Gasteiger charge is -2.15. The number of benzene rings is 1. The van der Waals surface area contributed by atoms with E-state index in [9.17, 15) is 4.79 Å². The quantitative estimate of drug-likeness (QED) is 0.260. The molecule has 0 atom stereocenters. The van der Waals surface area contributed by atoms with Crippen molar-refractivity contribution < 1.29 is 14.3 Å². The van der Waals surface area contributed by atoms with Gasteiger partial charge in [0.2, 0.25) is 5.91 Å². The van der Waals surface area contributed by atoms with E-state index in [1.54, 1.807) is 28.3 Å². The summed E-state index contributed by atoms with van der Waals surface area (Å²) in [6.45, 7) is 6.91. The second-order valence-electron chi connectivity index (χ2n) is 5.79. The topological polar surface area (TPSA) is 75.2 Å². The molecule has 0 saturated heterocycles. The van der Waals surface area contributed by atoms with Gasteiger partial charge in [-0.25, -0.2) is 4.99 Å². The smallest absolute Gasteiger partial charge is 0.241 e. The minimum atomic E-state index is -0.0353. The van der Waals surface area contributed by atoms with Crippen molar-refractivity contribution >= 4 is 35.8 Å². The third-order valence-electron chi connectivity index (χ3n) is 3.37. The highest BCUT2D eigenvalue weighted by atomic mass is 127. The van der Waals surface area contributed by atoms with Crippen molar-refractivity contribution in [2.45, 2.75) is 13.5 Å². The van der Waals surface area contributed by atoms with Crippen molar-refractivity contribution in [1.82, 2.24) is 15.5 Å². The monoisotopic (exact) mass is 476 g/mol. The molecule has 0 radical (unpaired) electrons. The molecule has 1 aromatic carbocycles. The first kappa shape index (κ1) is 24.0. The highest BCUT2D eigenvalue weighted by Gasteiger charge is 2.08. The number of amides is 1. The molecule has 26 heavy (non-hydrogen) atoms. The lowest BCUT2D eigenvalue weighted by atomic mass is 10.2. The highest BCUT2D eigenvalue weighted by Crippen LogP contribution is 2.25. The molecule has 146 valence electrons. The zero-order valence-corrected chi connectivity index (χ0v) is 18.4. The van der Waals surface area contributed by atoms with Gasteiger partial charge in [-0.1, -0.05) is 12.2 Å². The normalized spacial score (nSPS) is 10.4. The van der Waals surface area contributed by atoms with E-state index in [4.69, 9.17) is 9.47 Å². The van der Waals surface area contributed by atoms with Crippen molar-refractivity contribution in [2.24, 2.45) is 4.99 Å². The van der Waals surface area contributed by atoms with Gasteiger partial charge in [0.1, 0.15) is 11.5 Å². The van der Waals surface area contributed by atoms with E-state index in [2.05, 4.69) is 22.2 Å². The lowest BCUT2D eigenvalue weighted by molar-refractivity contribution is -0.127. The summed E-state index contributed by atoms with van der Waals surface area (Å²) in [6.07, 6.45) is 0. The van der Waals surface area contributed by atoms with Crippen molar-refractivity contribution in [3.8, 4) is 11.5 Å². The molecule has 0 aliphatic rings. The van der Waals surface area contributed by atoms with Crippen LogP contribution in [-0.4, -0.2) is 58.2 Å². The first-order valence-electron chi connectivity index (χ1n) is 7.95. The maximum Gasteiger partial charge on any atom is 0.241 e. The first-order valence-corrected chi connectivity index (χ1v) is 7.95. The molecule has 0 unspecified atom stereocenters. The molecule has 0 aromatic heterocycles. The zero-order chi connectivity index (χ0) is 18.8. The van der Waals surface area contributed by atoms with Gasteiger partial charge in [-0.05, 0) is 19.1 Å². The predicted octanol–water partition coefficient (Wildman–Crippen LogP) is 2.02. The third-order valence-corrected chi connectivity index (χ3v) is 3.37. The van der Waals surface area contributed by atoms with Crippen molar-refractivity contribution in [2.75, 3.05) is 41.4 Å². The van der Waals surface area contributed by atoms with Gasteiger partial charge in [-0.2, -0.15) is 0 Å². The Labute approximate surface area is 172 Å². The number of ether oxygens (including phenoxy) is 2. The fourth-order valence-electron chi connectivity index (χ4n) is 1.87. The molecule has 7 nitrogen and oxygen atoms in total. The molecule has 0 fully saturated rings. The summed E-state index contributed by atoms with van der Waals surface area (Å²) < 4.78 is 10.6. The van der Waals surface area contributed by atoms with Crippen LogP contribution in [0.1, 0.15) is 12.5 Å². The number of halogens is 1. The van der Waals surface area contributed by atoms with E-state index in [0.717, 1.165) is 16.9 Å². The second kappa shape index (κ2) is 12.4. The molecule has 0 aliphatic carbocycles. The number of nitrogens with one attached hydrogen (secondary N) is 2. The van der Waals surface area contributed by atoms with Gasteiger partial charge in [-0.15, -0.1) is 24.0 Å². The van der Waals surface area contributed by atoms with E-state index < -0.39 is 0 Å². The van der Waals surface area contributed by atoms with Crippen molar-refractivity contribution in [3.05, 3.63) is 35.9 Å². The number of guanidine groups is 1. The number of nitrogens with zero attached hydrogens (tertiary/aromatic N) is 2. The molecule has 0 saturated carbocycles. The minimum absolute atomic E-state index is 0. The van der Waals surface area contributed by atoms with Gasteiger partial charge in [0.25, 0.3) is 0 Å². The number of aliphatic imine (C=N–C) groups is 1. The Bertz CT molecular complexity index is 633. The molecule has 1 amide bonds. The van der Waals surface area contributed by atoms with Crippen LogP contribution < -0.4 is 20.1 Å². The summed E-state index contributed by atoms with van der Waals surface area (Å²) in [5, 5.41) is 6.17. The summed E-state index contributed by atoms with van der Waals surface area (Å²) >= 11 is 0. The third kappa shape index (κ3) is 8.41. The van der Waals surface area contributed by atoms with Gasteiger partial charge in [0.05, 0.1) is 27.3 Å². The molecule has 0 bridgehead atoms. The molecule has 2 N–H and O–H groups in total. The summed E-state index contributed by atoms with van der Waals surface area (Å²) in [5.74, 6) is 1.93. The van der Waals surface area contributed by atoms with Crippen molar-refractivity contribution in [3.63, 3.8) is 0 Å². The second-order valence-corrected chi connectivity index (χ2v) is 5.79. The number of carbonyl (C=O) groups excluding carboxylic acids is 1. The number of rotatable bonds is 8. The highest BCUT2D eigenvalue weighted by molar-refractivity contribution is 14.0. The Kier molecular flexibility index (Phi) is 11.5. The molecule has 0 heterocycles. The SMILES string of the molecule is C=C(C)CNC(=NCc1ccc(OC)cc1OC)NCC(=O)N(C)C.I. The average molecular weight is 476 g/mol. The lowest BCUT2D eigenvalue weighted by Crippen LogP contribution is -2.43. The van der Waals surface area contributed by atoms with E-state index in [1.807, 2.05) is 25.1 Å². The number of hydrogen-bond donors (Lipinski definition) is 2. The molecular formula is C18H29IN4O3. The number of likely N-dealkylation sites (N-methyl/N-ethyl adjacent to an activating group) is 1.